The van der Waals surface area contributed by atoms with Crippen LogP contribution in [0.15, 0.2) is 52.9 Å². The Labute approximate surface area is 165 Å². The van der Waals surface area contributed by atoms with Gasteiger partial charge in [0.15, 0.2) is 10.1 Å². The van der Waals surface area contributed by atoms with E-state index in [0.29, 0.717) is 20.7 Å². The molecule has 0 fully saturated rings. The third kappa shape index (κ3) is 5.63. The summed E-state index contributed by atoms with van der Waals surface area (Å²) in [5.74, 6) is 0.0850. The number of rotatable bonds is 7. The molecule has 3 rings (SSSR count). The number of aryl methyl sites for hydroxylation is 1. The number of thioether (sulfide) groups is 1. The van der Waals surface area contributed by atoms with E-state index in [9.17, 15) is 9.59 Å². The summed E-state index contributed by atoms with van der Waals surface area (Å²) in [5, 5.41) is 14.9. The van der Waals surface area contributed by atoms with Gasteiger partial charge in [0.25, 0.3) is 0 Å². The summed E-state index contributed by atoms with van der Waals surface area (Å²) < 4.78 is 0.715. The molecule has 0 aliphatic heterocycles. The topological polar surface area (TPSA) is 84.0 Å². The molecule has 1 heterocycles. The molecule has 0 aliphatic carbocycles. The van der Waals surface area contributed by atoms with Crippen LogP contribution in [0.4, 0.5) is 16.5 Å². The van der Waals surface area contributed by atoms with Gasteiger partial charge in [-0.1, -0.05) is 35.2 Å². The van der Waals surface area contributed by atoms with Crippen molar-refractivity contribution in [3.8, 4) is 0 Å². The molecule has 0 spiro atoms. The minimum absolute atomic E-state index is 0.00483. The van der Waals surface area contributed by atoms with Crippen molar-refractivity contribution < 1.29 is 9.59 Å². The first kappa shape index (κ1) is 19.1. The predicted molar refractivity (Wildman–Crippen MR) is 110 cm³/mol. The molecule has 138 valence electrons. The molecular formula is C19H18N4O2S2. The van der Waals surface area contributed by atoms with Crippen LogP contribution >= 0.6 is 23.1 Å². The molecule has 0 radical (unpaired) electrons. The number of anilines is 3. The number of hydrogen-bond donors (Lipinski definition) is 2. The van der Waals surface area contributed by atoms with Crippen molar-refractivity contribution in [1.29, 1.82) is 0 Å². The van der Waals surface area contributed by atoms with Crippen LogP contribution < -0.4 is 10.6 Å². The van der Waals surface area contributed by atoms with Crippen LogP contribution in [0.1, 0.15) is 22.8 Å². The van der Waals surface area contributed by atoms with E-state index in [-0.39, 0.29) is 17.4 Å². The second-order valence-corrected chi connectivity index (χ2v) is 8.04. The molecule has 6 nitrogen and oxygen atoms in total. The zero-order chi connectivity index (χ0) is 19.2. The fourth-order valence-electron chi connectivity index (χ4n) is 2.28. The minimum Gasteiger partial charge on any atom is -0.330 e. The van der Waals surface area contributed by atoms with Crippen molar-refractivity contribution in [2.45, 2.75) is 18.2 Å². The van der Waals surface area contributed by atoms with Gasteiger partial charge in [-0.3, -0.25) is 9.59 Å². The second kappa shape index (κ2) is 8.79. The lowest BCUT2D eigenvalue weighted by Crippen LogP contribution is -2.14. The summed E-state index contributed by atoms with van der Waals surface area (Å²) in [6.45, 7) is 3.53. The number of benzene rings is 2. The highest BCUT2D eigenvalue weighted by atomic mass is 32.2. The maximum atomic E-state index is 12.1. The molecule has 1 amide bonds. The number of amides is 1. The summed E-state index contributed by atoms with van der Waals surface area (Å²) in [6, 6.07) is 14.8. The fourth-order valence-corrected chi connectivity index (χ4v) is 3.85. The van der Waals surface area contributed by atoms with Gasteiger partial charge in [-0.25, -0.2) is 0 Å². The van der Waals surface area contributed by atoms with Gasteiger partial charge >= 0.3 is 0 Å². The van der Waals surface area contributed by atoms with Gasteiger partial charge in [-0.15, -0.1) is 10.2 Å². The highest BCUT2D eigenvalue weighted by Crippen LogP contribution is 2.28. The van der Waals surface area contributed by atoms with E-state index in [2.05, 4.69) is 20.8 Å². The fraction of sp³-hybridized carbons (Fsp3) is 0.158. The van der Waals surface area contributed by atoms with Gasteiger partial charge in [0.05, 0.1) is 5.75 Å². The standard InChI is InChI=1S/C19H18N4O2S2/c1-12-4-3-5-16(10-12)21-18-22-23-19(27-18)26-11-17(25)20-15-8-6-14(7-9-15)13(2)24/h3-10H,11H2,1-2H3,(H,20,25)(H,21,22). The maximum Gasteiger partial charge on any atom is 0.234 e. The van der Waals surface area contributed by atoms with Crippen molar-refractivity contribution in [3.05, 3.63) is 59.7 Å². The van der Waals surface area contributed by atoms with E-state index in [1.54, 1.807) is 24.3 Å². The van der Waals surface area contributed by atoms with Crippen molar-refractivity contribution in [2.24, 2.45) is 0 Å². The average molecular weight is 399 g/mol. The maximum absolute atomic E-state index is 12.1. The molecule has 0 saturated heterocycles. The monoisotopic (exact) mass is 398 g/mol. The van der Waals surface area contributed by atoms with Gasteiger partial charge in [0.2, 0.25) is 11.0 Å². The zero-order valence-corrected chi connectivity index (χ0v) is 16.5. The smallest absolute Gasteiger partial charge is 0.234 e. The summed E-state index contributed by atoms with van der Waals surface area (Å²) >= 11 is 2.73. The summed E-state index contributed by atoms with van der Waals surface area (Å²) in [5.41, 5.74) is 3.39. The van der Waals surface area contributed by atoms with E-state index < -0.39 is 0 Å². The summed E-state index contributed by atoms with van der Waals surface area (Å²) in [4.78, 5) is 23.3. The Hall–Kier alpha value is -2.71. The number of aromatic nitrogens is 2. The van der Waals surface area contributed by atoms with Crippen LogP contribution in [0.2, 0.25) is 0 Å². The minimum atomic E-state index is -0.140. The van der Waals surface area contributed by atoms with Crippen LogP contribution in [-0.2, 0) is 4.79 Å². The van der Waals surface area contributed by atoms with Crippen molar-refractivity contribution in [3.63, 3.8) is 0 Å². The van der Waals surface area contributed by atoms with Crippen LogP contribution in [0.5, 0.6) is 0 Å². The normalized spacial score (nSPS) is 10.4. The van der Waals surface area contributed by atoms with Gasteiger partial charge in [0.1, 0.15) is 0 Å². The predicted octanol–water partition coefficient (Wildman–Crippen LogP) is 4.52. The highest BCUT2D eigenvalue weighted by molar-refractivity contribution is 8.01. The van der Waals surface area contributed by atoms with Crippen molar-refractivity contribution in [2.75, 3.05) is 16.4 Å². The molecule has 2 N–H and O–H groups in total. The van der Waals surface area contributed by atoms with Gasteiger partial charge in [-0.2, -0.15) is 0 Å². The first-order valence-corrected chi connectivity index (χ1v) is 10.0. The van der Waals surface area contributed by atoms with E-state index in [4.69, 9.17) is 0 Å². The van der Waals surface area contributed by atoms with E-state index in [0.717, 1.165) is 11.3 Å². The second-order valence-electron chi connectivity index (χ2n) is 5.84. The third-order valence-corrected chi connectivity index (χ3v) is 5.55. The number of ketones is 1. The molecule has 0 unspecified atom stereocenters. The quantitative estimate of drug-likeness (QED) is 0.450. The lowest BCUT2D eigenvalue weighted by Gasteiger charge is -2.04. The third-order valence-electron chi connectivity index (χ3n) is 3.58. The first-order chi connectivity index (χ1) is 13.0. The van der Waals surface area contributed by atoms with E-state index in [1.165, 1.54) is 30.0 Å². The van der Waals surface area contributed by atoms with Gasteiger partial charge in [-0.05, 0) is 55.8 Å². The largest absolute Gasteiger partial charge is 0.330 e. The summed E-state index contributed by atoms with van der Waals surface area (Å²) in [6.07, 6.45) is 0. The van der Waals surface area contributed by atoms with Crippen LogP contribution in [-0.4, -0.2) is 27.6 Å². The lowest BCUT2D eigenvalue weighted by atomic mass is 10.1. The number of carbonyl (C=O) groups is 2. The Morgan fingerprint density at radius 2 is 1.85 bits per heavy atom. The van der Waals surface area contributed by atoms with Gasteiger partial charge in [0, 0.05) is 16.9 Å². The molecule has 0 bridgehead atoms. The van der Waals surface area contributed by atoms with Crippen LogP contribution in [0.25, 0.3) is 0 Å². The zero-order valence-electron chi connectivity index (χ0n) is 14.9. The molecule has 1 aromatic heterocycles. The Kier molecular flexibility index (Phi) is 6.20. The molecule has 0 aliphatic rings. The molecule has 3 aromatic rings. The number of nitrogens with zero attached hydrogens (tertiary/aromatic N) is 2. The van der Waals surface area contributed by atoms with E-state index >= 15 is 0 Å². The lowest BCUT2D eigenvalue weighted by molar-refractivity contribution is -0.113. The highest BCUT2D eigenvalue weighted by Gasteiger charge is 2.09. The molecule has 0 atom stereocenters. The number of nitrogens with one attached hydrogen (secondary N) is 2. The molecule has 0 saturated carbocycles. The van der Waals surface area contributed by atoms with Crippen molar-refractivity contribution >= 4 is 51.3 Å². The van der Waals surface area contributed by atoms with E-state index in [1.807, 2.05) is 31.2 Å². The SMILES string of the molecule is CC(=O)c1ccc(NC(=O)CSc2nnc(Nc3cccc(C)c3)s2)cc1. The molecule has 2 aromatic carbocycles. The number of carbonyl (C=O) groups excluding carboxylic acids is 2. The number of Topliss-reactive ketones (excluding diaryl/α,β-unsaturated/α-hetero) is 1. The Morgan fingerprint density at radius 1 is 1.07 bits per heavy atom. The Balaban J connectivity index is 1.50. The van der Waals surface area contributed by atoms with Crippen molar-refractivity contribution in [1.82, 2.24) is 10.2 Å². The molecular weight excluding hydrogens is 380 g/mol. The first-order valence-electron chi connectivity index (χ1n) is 8.20. The van der Waals surface area contributed by atoms with Crippen LogP contribution in [0, 0.1) is 6.92 Å². The molecule has 8 heteroatoms. The average Bonchev–Trinajstić information content (AvgIpc) is 3.08. The Bertz CT molecular complexity index is 954. The molecule has 27 heavy (non-hydrogen) atoms. The van der Waals surface area contributed by atoms with Crippen LogP contribution in [0.3, 0.4) is 0 Å². The summed E-state index contributed by atoms with van der Waals surface area (Å²) in [7, 11) is 0. The van der Waals surface area contributed by atoms with Gasteiger partial charge < -0.3 is 10.6 Å². The number of hydrogen-bond acceptors (Lipinski definition) is 7. The Morgan fingerprint density at radius 3 is 2.56 bits per heavy atom.